The first-order chi connectivity index (χ1) is 12.2. The lowest BCUT2D eigenvalue weighted by atomic mass is 10.2. The summed E-state index contributed by atoms with van der Waals surface area (Å²) in [4.78, 5) is 11.1. The van der Waals surface area contributed by atoms with Crippen molar-refractivity contribution in [1.82, 2.24) is 9.97 Å². The van der Waals surface area contributed by atoms with Gasteiger partial charge in [-0.05, 0) is 61.4 Å². The summed E-state index contributed by atoms with van der Waals surface area (Å²) in [5, 5.41) is 0. The lowest BCUT2D eigenvalue weighted by Crippen LogP contribution is -1.72. The molecule has 5 heteroatoms. The molecule has 0 amide bonds. The number of hydrogen-bond acceptors (Lipinski definition) is 5. The minimum Gasteiger partial charge on any atom is -0.435 e. The van der Waals surface area contributed by atoms with Gasteiger partial charge in [-0.1, -0.05) is 12.1 Å². The van der Waals surface area contributed by atoms with Crippen LogP contribution in [0.1, 0.15) is 11.1 Å². The lowest BCUT2D eigenvalue weighted by Gasteiger charge is -1.88. The van der Waals surface area contributed by atoms with Crippen molar-refractivity contribution in [3.8, 4) is 21.5 Å². The molecule has 3 aromatic heterocycles. The summed E-state index contributed by atoms with van der Waals surface area (Å²) in [5.41, 5.74) is 5.68. The van der Waals surface area contributed by atoms with Gasteiger partial charge in [-0.2, -0.15) is 0 Å². The predicted molar refractivity (Wildman–Crippen MR) is 99.8 cm³/mol. The predicted octanol–water partition coefficient (Wildman–Crippen LogP) is 5.98. The van der Waals surface area contributed by atoms with Crippen LogP contribution in [0.3, 0.4) is 0 Å². The maximum absolute atomic E-state index is 5.91. The van der Waals surface area contributed by atoms with E-state index in [0.29, 0.717) is 11.8 Å². The minimum absolute atomic E-state index is 0.629. The molecule has 0 aliphatic carbocycles. The van der Waals surface area contributed by atoms with Crippen molar-refractivity contribution in [3.05, 3.63) is 59.7 Å². The third-order valence-electron chi connectivity index (χ3n) is 4.11. The Kier molecular flexibility index (Phi) is 3.05. The highest BCUT2D eigenvalue weighted by Crippen LogP contribution is 2.36. The molecule has 122 valence electrons. The third kappa shape index (κ3) is 2.44. The highest BCUT2D eigenvalue weighted by Gasteiger charge is 2.15. The Morgan fingerprint density at radius 3 is 2.12 bits per heavy atom. The Bertz CT molecular complexity index is 1130. The molecular weight excluding hydrogens is 332 g/mol. The van der Waals surface area contributed by atoms with Crippen molar-refractivity contribution in [3.63, 3.8) is 0 Å². The third-order valence-corrected chi connectivity index (χ3v) is 5.18. The largest absolute Gasteiger partial charge is 0.435 e. The Morgan fingerprint density at radius 1 is 0.680 bits per heavy atom. The van der Waals surface area contributed by atoms with E-state index in [1.165, 1.54) is 5.56 Å². The SMILES string of the molecule is Cc1ccc2oc(-c3ccc(-c4nc5ccc(C)cc5o4)s3)nc2c1. The van der Waals surface area contributed by atoms with E-state index >= 15 is 0 Å². The first kappa shape index (κ1) is 14.4. The Balaban J connectivity index is 1.56. The van der Waals surface area contributed by atoms with Gasteiger partial charge in [-0.25, -0.2) is 9.97 Å². The first-order valence-corrected chi connectivity index (χ1v) is 8.82. The fourth-order valence-corrected chi connectivity index (χ4v) is 3.71. The molecule has 0 aliphatic heterocycles. The van der Waals surface area contributed by atoms with E-state index in [-0.39, 0.29) is 0 Å². The summed E-state index contributed by atoms with van der Waals surface area (Å²) in [6, 6.07) is 16.0. The maximum atomic E-state index is 5.91. The quantitative estimate of drug-likeness (QED) is 0.394. The fourth-order valence-electron chi connectivity index (χ4n) is 2.85. The Labute approximate surface area is 147 Å². The lowest BCUT2D eigenvalue weighted by molar-refractivity contribution is 0.621. The van der Waals surface area contributed by atoms with E-state index in [4.69, 9.17) is 8.83 Å². The molecule has 5 rings (SSSR count). The van der Waals surface area contributed by atoms with E-state index < -0.39 is 0 Å². The van der Waals surface area contributed by atoms with Gasteiger partial charge < -0.3 is 8.83 Å². The molecule has 0 N–H and O–H groups in total. The van der Waals surface area contributed by atoms with Crippen LogP contribution in [0.2, 0.25) is 0 Å². The minimum atomic E-state index is 0.629. The van der Waals surface area contributed by atoms with Gasteiger partial charge in [0.05, 0.1) is 9.75 Å². The molecule has 2 aromatic carbocycles. The van der Waals surface area contributed by atoms with Crippen LogP contribution in [-0.4, -0.2) is 9.97 Å². The molecule has 0 atom stereocenters. The standard InChI is InChI=1S/C20H14N2O2S/c1-11-4-6-15-14(9-11)22-20(23-15)18-8-7-17(25-18)19-21-13-5-3-12(2)10-16(13)24-19/h3-10H,1-2H3. The van der Waals surface area contributed by atoms with Crippen molar-refractivity contribution in [1.29, 1.82) is 0 Å². The number of nitrogens with zero attached hydrogens (tertiary/aromatic N) is 2. The van der Waals surface area contributed by atoms with E-state index in [1.807, 2.05) is 62.4 Å². The molecule has 0 spiro atoms. The molecule has 4 nitrogen and oxygen atoms in total. The highest BCUT2D eigenvalue weighted by molar-refractivity contribution is 7.18. The monoisotopic (exact) mass is 346 g/mol. The Morgan fingerprint density at radius 2 is 1.32 bits per heavy atom. The van der Waals surface area contributed by atoms with Crippen LogP contribution in [0, 0.1) is 13.8 Å². The second kappa shape index (κ2) is 5.29. The van der Waals surface area contributed by atoms with Gasteiger partial charge in [0.25, 0.3) is 0 Å². The molecule has 3 heterocycles. The summed E-state index contributed by atoms with van der Waals surface area (Å²) in [7, 11) is 0. The molecule has 0 bridgehead atoms. The van der Waals surface area contributed by atoms with Crippen LogP contribution < -0.4 is 0 Å². The van der Waals surface area contributed by atoms with Gasteiger partial charge in [-0.15, -0.1) is 11.3 Å². The summed E-state index contributed by atoms with van der Waals surface area (Å²) in [6.07, 6.45) is 0. The number of hydrogen-bond donors (Lipinski definition) is 0. The number of aromatic nitrogens is 2. The van der Waals surface area contributed by atoms with Crippen LogP contribution in [0.25, 0.3) is 43.7 Å². The number of fused-ring (bicyclic) bond motifs is 2. The van der Waals surface area contributed by atoms with Crippen LogP contribution in [-0.2, 0) is 0 Å². The van der Waals surface area contributed by atoms with Gasteiger partial charge in [0.15, 0.2) is 11.2 Å². The molecule has 25 heavy (non-hydrogen) atoms. The van der Waals surface area contributed by atoms with Gasteiger partial charge in [0.2, 0.25) is 11.8 Å². The number of thiophene rings is 1. The average molecular weight is 346 g/mol. The van der Waals surface area contributed by atoms with Crippen molar-refractivity contribution in [2.75, 3.05) is 0 Å². The molecule has 0 fully saturated rings. The number of benzene rings is 2. The van der Waals surface area contributed by atoms with E-state index in [9.17, 15) is 0 Å². The Hall–Kier alpha value is -2.92. The van der Waals surface area contributed by atoms with Crippen molar-refractivity contribution >= 4 is 33.5 Å². The van der Waals surface area contributed by atoms with Gasteiger partial charge >= 0.3 is 0 Å². The van der Waals surface area contributed by atoms with Gasteiger partial charge in [0, 0.05) is 0 Å². The summed E-state index contributed by atoms with van der Waals surface area (Å²) < 4.78 is 11.8. The molecule has 0 radical (unpaired) electrons. The smallest absolute Gasteiger partial charge is 0.237 e. The van der Waals surface area contributed by atoms with Crippen LogP contribution in [0.5, 0.6) is 0 Å². The second-order valence-corrected chi connectivity index (χ2v) is 7.23. The topological polar surface area (TPSA) is 52.1 Å². The summed E-state index contributed by atoms with van der Waals surface area (Å²) in [5.74, 6) is 1.26. The summed E-state index contributed by atoms with van der Waals surface area (Å²) >= 11 is 1.57. The molecule has 0 saturated heterocycles. The molecule has 0 aliphatic rings. The highest BCUT2D eigenvalue weighted by atomic mass is 32.1. The number of aryl methyl sites for hydroxylation is 2. The van der Waals surface area contributed by atoms with Gasteiger partial charge in [-0.3, -0.25) is 0 Å². The summed E-state index contributed by atoms with van der Waals surface area (Å²) in [6.45, 7) is 4.09. The van der Waals surface area contributed by atoms with Crippen molar-refractivity contribution < 1.29 is 8.83 Å². The normalized spacial score (nSPS) is 11.6. The maximum Gasteiger partial charge on any atom is 0.237 e. The number of rotatable bonds is 2. The fraction of sp³-hybridized carbons (Fsp3) is 0.100. The molecular formula is C20H14N2O2S. The van der Waals surface area contributed by atoms with E-state index in [2.05, 4.69) is 9.97 Å². The molecule has 0 saturated carbocycles. The van der Waals surface area contributed by atoms with E-state index in [1.54, 1.807) is 11.3 Å². The molecule has 5 aromatic rings. The van der Waals surface area contributed by atoms with Crippen molar-refractivity contribution in [2.24, 2.45) is 0 Å². The zero-order valence-corrected chi connectivity index (χ0v) is 14.6. The van der Waals surface area contributed by atoms with Crippen LogP contribution in [0.4, 0.5) is 0 Å². The zero-order chi connectivity index (χ0) is 17.0. The molecule has 0 unspecified atom stereocenters. The van der Waals surface area contributed by atoms with Crippen LogP contribution in [0.15, 0.2) is 57.4 Å². The van der Waals surface area contributed by atoms with Crippen LogP contribution >= 0.6 is 11.3 Å². The first-order valence-electron chi connectivity index (χ1n) is 8.01. The van der Waals surface area contributed by atoms with Crippen molar-refractivity contribution in [2.45, 2.75) is 13.8 Å². The van der Waals surface area contributed by atoms with E-state index in [0.717, 1.165) is 37.5 Å². The van der Waals surface area contributed by atoms with Gasteiger partial charge in [0.1, 0.15) is 11.0 Å². The number of oxazole rings is 2. The second-order valence-electron chi connectivity index (χ2n) is 6.14. The average Bonchev–Trinajstić information content (AvgIpc) is 3.30. The zero-order valence-electron chi connectivity index (χ0n) is 13.7.